The van der Waals surface area contributed by atoms with Crippen LogP contribution >= 0.6 is 0 Å². The average Bonchev–Trinajstić information content (AvgIpc) is 2.47. The molecule has 0 atom stereocenters. The second-order valence-corrected chi connectivity index (χ2v) is 4.96. The Hall–Kier alpha value is -2.83. The zero-order chi connectivity index (χ0) is 15.9. The SMILES string of the molecule is CCOC(=O)c1nc2nc3cc(C)c(C)cc3nc2c(=O)[nH]1. The van der Waals surface area contributed by atoms with Crippen LogP contribution in [0.4, 0.5) is 0 Å². The molecular formula is C15H14N4O3. The molecule has 1 aromatic carbocycles. The monoisotopic (exact) mass is 298 g/mol. The van der Waals surface area contributed by atoms with Crippen LogP contribution in [0.2, 0.25) is 0 Å². The molecule has 3 rings (SSSR count). The Morgan fingerprint density at radius 2 is 1.77 bits per heavy atom. The van der Waals surface area contributed by atoms with Gasteiger partial charge in [-0.3, -0.25) is 9.78 Å². The van der Waals surface area contributed by atoms with Crippen molar-refractivity contribution in [1.29, 1.82) is 0 Å². The number of hydrogen-bond donors (Lipinski definition) is 1. The maximum Gasteiger partial charge on any atom is 0.374 e. The third kappa shape index (κ3) is 2.30. The number of esters is 1. The van der Waals surface area contributed by atoms with E-state index in [1.165, 1.54) is 0 Å². The van der Waals surface area contributed by atoms with Crippen molar-refractivity contribution in [3.63, 3.8) is 0 Å². The molecule has 22 heavy (non-hydrogen) atoms. The number of fused-ring (bicyclic) bond motifs is 2. The van der Waals surface area contributed by atoms with Crippen LogP contribution in [0.15, 0.2) is 16.9 Å². The number of ether oxygens (including phenoxy) is 1. The highest BCUT2D eigenvalue weighted by molar-refractivity contribution is 5.89. The molecule has 2 heterocycles. The number of aromatic amines is 1. The van der Waals surface area contributed by atoms with Crippen LogP contribution in [0.5, 0.6) is 0 Å². The Balaban J connectivity index is 2.29. The van der Waals surface area contributed by atoms with Crippen LogP contribution in [-0.2, 0) is 4.74 Å². The molecule has 1 N–H and O–H groups in total. The summed E-state index contributed by atoms with van der Waals surface area (Å²) in [6, 6.07) is 3.75. The molecule has 0 fully saturated rings. The minimum atomic E-state index is -0.691. The van der Waals surface area contributed by atoms with Gasteiger partial charge >= 0.3 is 5.97 Å². The number of hydrogen-bond acceptors (Lipinski definition) is 6. The summed E-state index contributed by atoms with van der Waals surface area (Å²) in [6.45, 7) is 5.81. The van der Waals surface area contributed by atoms with Gasteiger partial charge in [-0.25, -0.2) is 19.7 Å². The molecule has 0 bridgehead atoms. The standard InChI is InChI=1S/C15H14N4O3/c1-4-22-15(21)13-18-12-11(14(20)19-13)16-9-5-7(2)8(3)6-10(9)17-12/h5-6H,4H2,1-3H3,(H,17,18,19,20). The molecular weight excluding hydrogens is 284 g/mol. The van der Waals surface area contributed by atoms with Gasteiger partial charge in [-0.1, -0.05) is 0 Å². The van der Waals surface area contributed by atoms with Crippen molar-refractivity contribution in [1.82, 2.24) is 19.9 Å². The largest absolute Gasteiger partial charge is 0.460 e. The summed E-state index contributed by atoms with van der Waals surface area (Å²) in [4.78, 5) is 38.9. The molecule has 2 aromatic heterocycles. The van der Waals surface area contributed by atoms with Crippen LogP contribution < -0.4 is 5.56 Å². The number of nitrogens with zero attached hydrogens (tertiary/aromatic N) is 3. The van der Waals surface area contributed by atoms with Crippen molar-refractivity contribution in [3.8, 4) is 0 Å². The van der Waals surface area contributed by atoms with Crippen molar-refractivity contribution < 1.29 is 9.53 Å². The van der Waals surface area contributed by atoms with E-state index in [0.717, 1.165) is 11.1 Å². The third-order valence-electron chi connectivity index (χ3n) is 3.39. The van der Waals surface area contributed by atoms with Crippen LogP contribution in [0.3, 0.4) is 0 Å². The molecule has 0 amide bonds. The Labute approximate surface area is 125 Å². The lowest BCUT2D eigenvalue weighted by atomic mass is 10.1. The van der Waals surface area contributed by atoms with Crippen LogP contribution in [0.1, 0.15) is 28.7 Å². The average molecular weight is 298 g/mol. The number of H-pyrrole nitrogens is 1. The highest BCUT2D eigenvalue weighted by Gasteiger charge is 2.15. The first-order valence-corrected chi connectivity index (χ1v) is 6.85. The van der Waals surface area contributed by atoms with Crippen LogP contribution in [-0.4, -0.2) is 32.5 Å². The fraction of sp³-hybridized carbons (Fsp3) is 0.267. The lowest BCUT2D eigenvalue weighted by molar-refractivity contribution is 0.0512. The molecule has 0 aliphatic carbocycles. The molecule has 0 radical (unpaired) electrons. The lowest BCUT2D eigenvalue weighted by Gasteiger charge is -2.05. The molecule has 112 valence electrons. The zero-order valence-corrected chi connectivity index (χ0v) is 12.4. The summed E-state index contributed by atoms with van der Waals surface area (Å²) in [6.07, 6.45) is 0. The molecule has 3 aromatic rings. The minimum Gasteiger partial charge on any atom is -0.460 e. The highest BCUT2D eigenvalue weighted by Crippen LogP contribution is 2.17. The van der Waals surface area contributed by atoms with E-state index < -0.39 is 11.5 Å². The van der Waals surface area contributed by atoms with E-state index in [4.69, 9.17) is 4.74 Å². The Kier molecular flexibility index (Phi) is 3.32. The van der Waals surface area contributed by atoms with Crippen molar-refractivity contribution >= 4 is 28.2 Å². The maximum atomic E-state index is 12.1. The number of rotatable bonds is 2. The first-order valence-electron chi connectivity index (χ1n) is 6.85. The topological polar surface area (TPSA) is 97.8 Å². The van der Waals surface area contributed by atoms with E-state index in [-0.39, 0.29) is 23.6 Å². The first kappa shape index (κ1) is 14.1. The smallest absolute Gasteiger partial charge is 0.374 e. The van der Waals surface area contributed by atoms with Gasteiger partial charge in [0.05, 0.1) is 17.6 Å². The fourth-order valence-electron chi connectivity index (χ4n) is 2.13. The summed E-state index contributed by atoms with van der Waals surface area (Å²) < 4.78 is 4.83. The van der Waals surface area contributed by atoms with Gasteiger partial charge in [-0.05, 0) is 44.0 Å². The van der Waals surface area contributed by atoms with Gasteiger partial charge in [0.15, 0.2) is 11.2 Å². The quantitative estimate of drug-likeness (QED) is 0.570. The van der Waals surface area contributed by atoms with Crippen molar-refractivity contribution in [2.45, 2.75) is 20.8 Å². The van der Waals surface area contributed by atoms with Gasteiger partial charge in [0, 0.05) is 0 Å². The molecule has 0 saturated heterocycles. The minimum absolute atomic E-state index is 0.101. The normalized spacial score (nSPS) is 11.0. The number of carbonyl (C=O) groups excluding carboxylic acids is 1. The van der Waals surface area contributed by atoms with Crippen molar-refractivity contribution in [2.24, 2.45) is 0 Å². The Bertz CT molecular complexity index is 962. The van der Waals surface area contributed by atoms with Crippen LogP contribution in [0.25, 0.3) is 22.2 Å². The summed E-state index contributed by atoms with van der Waals surface area (Å²) in [5.41, 5.74) is 3.09. The lowest BCUT2D eigenvalue weighted by Crippen LogP contribution is -2.19. The first-order chi connectivity index (χ1) is 10.5. The predicted octanol–water partition coefficient (Wildman–Crippen LogP) is 1.66. The second kappa shape index (κ2) is 5.18. The molecule has 0 spiro atoms. The summed E-state index contributed by atoms with van der Waals surface area (Å²) in [7, 11) is 0. The number of benzene rings is 1. The number of aryl methyl sites for hydroxylation is 2. The summed E-state index contributed by atoms with van der Waals surface area (Å²) in [5, 5.41) is 0. The fourth-order valence-corrected chi connectivity index (χ4v) is 2.13. The van der Waals surface area contributed by atoms with E-state index in [9.17, 15) is 9.59 Å². The van der Waals surface area contributed by atoms with Gasteiger partial charge in [0.25, 0.3) is 5.56 Å². The Morgan fingerprint density at radius 1 is 1.14 bits per heavy atom. The van der Waals surface area contributed by atoms with Crippen molar-refractivity contribution in [3.05, 3.63) is 39.4 Å². The number of carbonyl (C=O) groups is 1. The van der Waals surface area contributed by atoms with E-state index in [2.05, 4.69) is 19.9 Å². The van der Waals surface area contributed by atoms with Crippen LogP contribution in [0, 0.1) is 13.8 Å². The molecule has 0 aliphatic heterocycles. The van der Waals surface area contributed by atoms with Gasteiger partial charge in [0.1, 0.15) is 0 Å². The van der Waals surface area contributed by atoms with E-state index in [0.29, 0.717) is 11.0 Å². The number of aromatic nitrogens is 4. The van der Waals surface area contributed by atoms with E-state index >= 15 is 0 Å². The molecule has 0 aliphatic rings. The summed E-state index contributed by atoms with van der Waals surface area (Å²) in [5.74, 6) is -0.861. The molecule has 0 unspecified atom stereocenters. The van der Waals surface area contributed by atoms with Gasteiger partial charge in [-0.2, -0.15) is 0 Å². The molecule has 7 nitrogen and oxygen atoms in total. The van der Waals surface area contributed by atoms with E-state index in [1.54, 1.807) is 6.92 Å². The third-order valence-corrected chi connectivity index (χ3v) is 3.39. The van der Waals surface area contributed by atoms with E-state index in [1.807, 2.05) is 26.0 Å². The Morgan fingerprint density at radius 3 is 2.41 bits per heavy atom. The molecule has 0 saturated carbocycles. The predicted molar refractivity (Wildman–Crippen MR) is 80.9 cm³/mol. The number of nitrogens with one attached hydrogen (secondary N) is 1. The maximum absolute atomic E-state index is 12.1. The second-order valence-electron chi connectivity index (χ2n) is 4.96. The van der Waals surface area contributed by atoms with Gasteiger partial charge in [0.2, 0.25) is 5.82 Å². The van der Waals surface area contributed by atoms with Crippen molar-refractivity contribution in [2.75, 3.05) is 6.61 Å². The summed E-state index contributed by atoms with van der Waals surface area (Å²) >= 11 is 0. The highest BCUT2D eigenvalue weighted by atomic mass is 16.5. The van der Waals surface area contributed by atoms with Gasteiger partial charge < -0.3 is 4.74 Å². The van der Waals surface area contributed by atoms with Gasteiger partial charge in [-0.15, -0.1) is 0 Å². The zero-order valence-electron chi connectivity index (χ0n) is 12.4. The molecule has 7 heteroatoms.